The zero-order chi connectivity index (χ0) is 13.9. The average molecular weight is 253 g/mol. The van der Waals surface area contributed by atoms with Crippen LogP contribution in [-0.2, 0) is 5.54 Å². The van der Waals surface area contributed by atoms with E-state index in [1.807, 2.05) is 6.07 Å². The lowest BCUT2D eigenvalue weighted by atomic mass is 9.80. The summed E-state index contributed by atoms with van der Waals surface area (Å²) in [6, 6.07) is 19.1. The van der Waals surface area contributed by atoms with Gasteiger partial charge in [0.15, 0.2) is 0 Å². The molecule has 0 radical (unpaired) electrons. The van der Waals surface area contributed by atoms with E-state index in [-0.39, 0.29) is 0 Å². The van der Waals surface area contributed by atoms with Gasteiger partial charge in [-0.2, -0.15) is 0 Å². The molecule has 0 saturated carbocycles. The maximum Gasteiger partial charge on any atom is 0.0663 e. The van der Waals surface area contributed by atoms with E-state index < -0.39 is 5.54 Å². The summed E-state index contributed by atoms with van der Waals surface area (Å²) in [4.78, 5) is 0. The van der Waals surface area contributed by atoms with E-state index in [0.29, 0.717) is 5.92 Å². The van der Waals surface area contributed by atoms with Crippen molar-refractivity contribution in [1.29, 1.82) is 0 Å². The third kappa shape index (κ3) is 2.71. The van der Waals surface area contributed by atoms with Gasteiger partial charge in [-0.1, -0.05) is 75.4 Å². The summed E-state index contributed by atoms with van der Waals surface area (Å²) in [6.07, 6.45) is 0.887. The molecule has 0 unspecified atom stereocenters. The molecule has 100 valence electrons. The Morgan fingerprint density at radius 2 is 1.58 bits per heavy atom. The van der Waals surface area contributed by atoms with E-state index in [4.69, 9.17) is 5.73 Å². The van der Waals surface area contributed by atoms with E-state index in [2.05, 4.69) is 69.3 Å². The smallest absolute Gasteiger partial charge is 0.0663 e. The molecule has 0 amide bonds. The average Bonchev–Trinajstić information content (AvgIpc) is 2.47. The van der Waals surface area contributed by atoms with Crippen LogP contribution < -0.4 is 5.73 Å². The van der Waals surface area contributed by atoms with Gasteiger partial charge in [0.25, 0.3) is 0 Å². The van der Waals surface area contributed by atoms with Gasteiger partial charge in [0.1, 0.15) is 0 Å². The summed E-state index contributed by atoms with van der Waals surface area (Å²) in [5.74, 6) is 0.525. The second kappa shape index (κ2) is 5.58. The van der Waals surface area contributed by atoms with Crippen LogP contribution in [0.2, 0.25) is 0 Å². The highest BCUT2D eigenvalue weighted by molar-refractivity contribution is 5.40. The molecule has 0 spiro atoms. The molecule has 0 bridgehead atoms. The molecule has 0 aliphatic rings. The fraction of sp³-hybridized carbons (Fsp3) is 0.333. The number of rotatable bonds is 4. The van der Waals surface area contributed by atoms with Crippen molar-refractivity contribution in [2.75, 3.05) is 0 Å². The van der Waals surface area contributed by atoms with Crippen LogP contribution in [0.1, 0.15) is 49.8 Å². The van der Waals surface area contributed by atoms with E-state index in [1.54, 1.807) is 0 Å². The Morgan fingerprint density at radius 1 is 0.947 bits per heavy atom. The largest absolute Gasteiger partial charge is 0.318 e. The van der Waals surface area contributed by atoms with E-state index in [1.165, 1.54) is 16.7 Å². The lowest BCUT2D eigenvalue weighted by Crippen LogP contribution is -2.37. The van der Waals surface area contributed by atoms with Gasteiger partial charge >= 0.3 is 0 Å². The first kappa shape index (κ1) is 13.8. The first-order chi connectivity index (χ1) is 9.08. The van der Waals surface area contributed by atoms with E-state index in [9.17, 15) is 0 Å². The molecule has 0 saturated heterocycles. The quantitative estimate of drug-likeness (QED) is 0.857. The molecule has 0 heterocycles. The van der Waals surface area contributed by atoms with Gasteiger partial charge < -0.3 is 5.73 Å². The van der Waals surface area contributed by atoms with Crippen LogP contribution in [0.5, 0.6) is 0 Å². The van der Waals surface area contributed by atoms with E-state index >= 15 is 0 Å². The van der Waals surface area contributed by atoms with Crippen molar-refractivity contribution in [2.45, 2.75) is 38.6 Å². The van der Waals surface area contributed by atoms with Crippen molar-refractivity contribution in [3.63, 3.8) is 0 Å². The van der Waals surface area contributed by atoms with E-state index in [0.717, 1.165) is 6.42 Å². The standard InChI is InChI=1S/C18H23N/c1-4-18(19,16-10-6-5-7-11-16)17-12-8-9-15(13-17)14(2)3/h5-14H,4,19H2,1-3H3/t18-/m1/s1. The minimum Gasteiger partial charge on any atom is -0.318 e. The molecule has 2 aromatic carbocycles. The Balaban J connectivity index is 2.50. The van der Waals surface area contributed by atoms with Crippen LogP contribution in [0.4, 0.5) is 0 Å². The lowest BCUT2D eigenvalue weighted by Gasteiger charge is -2.30. The number of nitrogens with two attached hydrogens (primary N) is 1. The van der Waals surface area contributed by atoms with Gasteiger partial charge in [-0.25, -0.2) is 0 Å². The summed E-state index contributed by atoms with van der Waals surface area (Å²) in [7, 11) is 0. The molecule has 0 fully saturated rings. The van der Waals surface area contributed by atoms with Gasteiger partial charge in [-0.05, 0) is 29.0 Å². The topological polar surface area (TPSA) is 26.0 Å². The Bertz CT molecular complexity index is 530. The van der Waals surface area contributed by atoms with Crippen LogP contribution in [0, 0.1) is 0 Å². The highest BCUT2D eigenvalue weighted by atomic mass is 14.7. The predicted octanol–water partition coefficient (Wildman–Crippen LogP) is 4.42. The molecular formula is C18H23N. The first-order valence-corrected chi connectivity index (χ1v) is 7.02. The number of hydrogen-bond acceptors (Lipinski definition) is 1. The van der Waals surface area contributed by atoms with Crippen LogP contribution >= 0.6 is 0 Å². The van der Waals surface area contributed by atoms with Gasteiger partial charge in [0, 0.05) is 0 Å². The fourth-order valence-corrected chi connectivity index (χ4v) is 2.49. The number of hydrogen-bond donors (Lipinski definition) is 1. The Labute approximate surface area is 116 Å². The Hall–Kier alpha value is -1.60. The van der Waals surface area contributed by atoms with Crippen LogP contribution in [0.15, 0.2) is 54.6 Å². The van der Waals surface area contributed by atoms with Crippen molar-refractivity contribution in [1.82, 2.24) is 0 Å². The first-order valence-electron chi connectivity index (χ1n) is 7.02. The Morgan fingerprint density at radius 3 is 2.16 bits per heavy atom. The summed E-state index contributed by atoms with van der Waals surface area (Å²) >= 11 is 0. The zero-order valence-corrected chi connectivity index (χ0v) is 12.1. The van der Waals surface area contributed by atoms with Gasteiger partial charge in [-0.3, -0.25) is 0 Å². The zero-order valence-electron chi connectivity index (χ0n) is 12.1. The summed E-state index contributed by atoms with van der Waals surface area (Å²) in [5, 5.41) is 0. The Kier molecular flexibility index (Phi) is 4.06. The highest BCUT2D eigenvalue weighted by Crippen LogP contribution is 2.31. The second-order valence-electron chi connectivity index (χ2n) is 5.47. The van der Waals surface area contributed by atoms with Crippen LogP contribution in [-0.4, -0.2) is 0 Å². The summed E-state index contributed by atoms with van der Waals surface area (Å²) in [6.45, 7) is 6.58. The van der Waals surface area contributed by atoms with Crippen molar-refractivity contribution in [2.24, 2.45) is 5.73 Å². The maximum absolute atomic E-state index is 6.71. The van der Waals surface area contributed by atoms with Crippen molar-refractivity contribution in [3.8, 4) is 0 Å². The fourth-order valence-electron chi connectivity index (χ4n) is 2.49. The molecule has 0 aliphatic heterocycles. The molecule has 0 aliphatic carbocycles. The van der Waals surface area contributed by atoms with Gasteiger partial charge in [-0.15, -0.1) is 0 Å². The molecular weight excluding hydrogens is 230 g/mol. The molecule has 2 aromatic rings. The summed E-state index contributed by atoms with van der Waals surface area (Å²) in [5.41, 5.74) is 10.0. The normalized spacial score (nSPS) is 14.4. The predicted molar refractivity (Wildman–Crippen MR) is 82.2 cm³/mol. The number of benzene rings is 2. The van der Waals surface area contributed by atoms with Gasteiger partial charge in [0.05, 0.1) is 5.54 Å². The van der Waals surface area contributed by atoms with Crippen molar-refractivity contribution >= 4 is 0 Å². The van der Waals surface area contributed by atoms with Crippen LogP contribution in [0.25, 0.3) is 0 Å². The van der Waals surface area contributed by atoms with Crippen molar-refractivity contribution < 1.29 is 0 Å². The minimum absolute atomic E-state index is 0.397. The highest BCUT2D eigenvalue weighted by Gasteiger charge is 2.27. The maximum atomic E-state index is 6.71. The lowest BCUT2D eigenvalue weighted by molar-refractivity contribution is 0.518. The molecule has 2 N–H and O–H groups in total. The second-order valence-corrected chi connectivity index (χ2v) is 5.47. The third-order valence-corrected chi connectivity index (χ3v) is 3.92. The molecule has 2 rings (SSSR count). The SMILES string of the molecule is CC[C@@](N)(c1ccccc1)c1cccc(C(C)C)c1. The molecule has 1 atom stereocenters. The third-order valence-electron chi connectivity index (χ3n) is 3.92. The van der Waals surface area contributed by atoms with Gasteiger partial charge in [0.2, 0.25) is 0 Å². The molecule has 1 heteroatoms. The monoisotopic (exact) mass is 253 g/mol. The molecule has 1 nitrogen and oxygen atoms in total. The van der Waals surface area contributed by atoms with Crippen LogP contribution in [0.3, 0.4) is 0 Å². The molecule has 0 aromatic heterocycles. The van der Waals surface area contributed by atoms with Crippen molar-refractivity contribution in [3.05, 3.63) is 71.3 Å². The minimum atomic E-state index is -0.397. The summed E-state index contributed by atoms with van der Waals surface area (Å²) < 4.78 is 0. The molecule has 19 heavy (non-hydrogen) atoms.